The minimum Gasteiger partial charge on any atom is -0.481 e. The number of carboxylic acids is 1. The molecule has 1 atom stereocenters. The molecule has 22 heavy (non-hydrogen) atoms. The van der Waals surface area contributed by atoms with E-state index in [0.717, 1.165) is 6.07 Å². The number of halogens is 2. The van der Waals surface area contributed by atoms with Gasteiger partial charge in [0.1, 0.15) is 11.6 Å². The summed E-state index contributed by atoms with van der Waals surface area (Å²) in [6, 6.07) is 10.7. The molecule has 2 rings (SSSR count). The van der Waals surface area contributed by atoms with Crippen molar-refractivity contribution in [2.45, 2.75) is 13.3 Å². The molecule has 0 spiro atoms. The lowest BCUT2D eigenvalue weighted by atomic mass is 9.95. The highest BCUT2D eigenvalue weighted by molar-refractivity contribution is 5.99. The molecule has 3 nitrogen and oxygen atoms in total. The molecule has 0 heterocycles. The van der Waals surface area contributed by atoms with E-state index in [9.17, 15) is 18.4 Å². The number of rotatable bonds is 5. The van der Waals surface area contributed by atoms with Crippen LogP contribution in [0.5, 0.6) is 0 Å². The summed E-state index contributed by atoms with van der Waals surface area (Å²) in [4.78, 5) is 22.8. The molecule has 0 radical (unpaired) electrons. The van der Waals surface area contributed by atoms with E-state index in [1.165, 1.54) is 13.0 Å². The molecule has 114 valence electrons. The molecule has 0 aliphatic rings. The van der Waals surface area contributed by atoms with Crippen LogP contribution >= 0.6 is 0 Å². The van der Waals surface area contributed by atoms with Crippen LogP contribution in [0.2, 0.25) is 0 Å². The Morgan fingerprint density at radius 3 is 2.32 bits per heavy atom. The van der Waals surface area contributed by atoms with Gasteiger partial charge >= 0.3 is 5.97 Å². The van der Waals surface area contributed by atoms with Crippen molar-refractivity contribution in [3.8, 4) is 11.1 Å². The van der Waals surface area contributed by atoms with Crippen molar-refractivity contribution < 1.29 is 23.5 Å². The highest BCUT2D eigenvalue weighted by Gasteiger charge is 2.24. The van der Waals surface area contributed by atoms with Crippen LogP contribution in [0.15, 0.2) is 42.5 Å². The smallest absolute Gasteiger partial charge is 0.306 e. The van der Waals surface area contributed by atoms with Gasteiger partial charge in [0.05, 0.1) is 11.5 Å². The largest absolute Gasteiger partial charge is 0.481 e. The fraction of sp³-hybridized carbons (Fsp3) is 0.176. The van der Waals surface area contributed by atoms with E-state index < -0.39 is 41.3 Å². The fourth-order valence-electron chi connectivity index (χ4n) is 2.12. The van der Waals surface area contributed by atoms with Gasteiger partial charge in [-0.15, -0.1) is 0 Å². The van der Waals surface area contributed by atoms with Crippen molar-refractivity contribution in [3.05, 3.63) is 59.7 Å². The summed E-state index contributed by atoms with van der Waals surface area (Å²) in [6.45, 7) is 1.32. The maximum atomic E-state index is 14.5. The number of carbonyl (C=O) groups excluding carboxylic acids is 1. The molecule has 0 aliphatic carbocycles. The van der Waals surface area contributed by atoms with Crippen molar-refractivity contribution >= 4 is 11.8 Å². The van der Waals surface area contributed by atoms with E-state index in [0.29, 0.717) is 5.56 Å². The van der Waals surface area contributed by atoms with Gasteiger partial charge < -0.3 is 5.11 Å². The van der Waals surface area contributed by atoms with Crippen LogP contribution < -0.4 is 0 Å². The third kappa shape index (κ3) is 3.19. The van der Waals surface area contributed by atoms with Crippen LogP contribution in [-0.2, 0) is 4.79 Å². The molecular weight excluding hydrogens is 290 g/mol. The van der Waals surface area contributed by atoms with Gasteiger partial charge in [0.2, 0.25) is 0 Å². The number of carboxylic acid groups (broad SMARTS) is 1. The fourth-order valence-corrected chi connectivity index (χ4v) is 2.12. The SMILES string of the molecule is CC(CC(=O)c1c(F)ccc(-c2ccccc2)c1F)C(=O)O. The lowest BCUT2D eigenvalue weighted by molar-refractivity contribution is -0.141. The van der Waals surface area contributed by atoms with Gasteiger partial charge in [0, 0.05) is 12.0 Å². The van der Waals surface area contributed by atoms with Crippen molar-refractivity contribution in [2.24, 2.45) is 5.92 Å². The van der Waals surface area contributed by atoms with Crippen LogP contribution in [0.4, 0.5) is 8.78 Å². The van der Waals surface area contributed by atoms with Crippen LogP contribution in [0.25, 0.3) is 11.1 Å². The topological polar surface area (TPSA) is 54.4 Å². The van der Waals surface area contributed by atoms with Crippen molar-refractivity contribution in [2.75, 3.05) is 0 Å². The molecule has 2 aromatic carbocycles. The predicted molar refractivity (Wildman–Crippen MR) is 77.5 cm³/mol. The zero-order chi connectivity index (χ0) is 16.3. The van der Waals surface area contributed by atoms with Crippen LogP contribution in [0, 0.1) is 17.6 Å². The van der Waals surface area contributed by atoms with Gasteiger partial charge in [-0.2, -0.15) is 0 Å². The van der Waals surface area contributed by atoms with Gasteiger partial charge in [-0.1, -0.05) is 37.3 Å². The number of benzene rings is 2. The number of hydrogen-bond donors (Lipinski definition) is 1. The number of carbonyl (C=O) groups is 2. The first-order chi connectivity index (χ1) is 10.4. The van der Waals surface area contributed by atoms with Gasteiger partial charge in [-0.25, -0.2) is 8.78 Å². The minimum absolute atomic E-state index is 0.105. The average Bonchev–Trinajstić information content (AvgIpc) is 2.48. The Kier molecular flexibility index (Phi) is 4.65. The third-order valence-corrected chi connectivity index (χ3v) is 3.37. The molecular formula is C17H14F2O3. The third-order valence-electron chi connectivity index (χ3n) is 3.37. The lowest BCUT2D eigenvalue weighted by Crippen LogP contribution is -2.17. The summed E-state index contributed by atoms with van der Waals surface area (Å²) in [5.74, 6) is -5.00. The Bertz CT molecular complexity index is 711. The van der Waals surface area contributed by atoms with E-state index >= 15 is 0 Å². The molecule has 0 bridgehead atoms. The summed E-state index contributed by atoms with van der Waals surface area (Å²) < 4.78 is 28.4. The van der Waals surface area contributed by atoms with Gasteiger partial charge in [0.25, 0.3) is 0 Å². The quantitative estimate of drug-likeness (QED) is 0.852. The maximum Gasteiger partial charge on any atom is 0.306 e. The van der Waals surface area contributed by atoms with Crippen LogP contribution in [-0.4, -0.2) is 16.9 Å². The van der Waals surface area contributed by atoms with E-state index in [-0.39, 0.29) is 5.56 Å². The highest BCUT2D eigenvalue weighted by Crippen LogP contribution is 2.28. The highest BCUT2D eigenvalue weighted by atomic mass is 19.1. The molecule has 0 aromatic heterocycles. The first-order valence-corrected chi connectivity index (χ1v) is 6.71. The molecule has 0 aliphatic heterocycles. The molecule has 2 aromatic rings. The zero-order valence-corrected chi connectivity index (χ0v) is 11.8. The van der Waals surface area contributed by atoms with Crippen molar-refractivity contribution in [1.82, 2.24) is 0 Å². The average molecular weight is 304 g/mol. The predicted octanol–water partition coefficient (Wildman–Crippen LogP) is 3.93. The Balaban J connectivity index is 2.44. The van der Waals surface area contributed by atoms with Gasteiger partial charge in [0.15, 0.2) is 5.78 Å². The normalized spacial score (nSPS) is 12.0. The Labute approximate surface area is 126 Å². The van der Waals surface area contributed by atoms with Gasteiger partial charge in [-0.3, -0.25) is 9.59 Å². The van der Waals surface area contributed by atoms with Crippen LogP contribution in [0.1, 0.15) is 23.7 Å². The van der Waals surface area contributed by atoms with Crippen molar-refractivity contribution in [1.29, 1.82) is 0 Å². The minimum atomic E-state index is -1.19. The molecule has 0 amide bonds. The first kappa shape index (κ1) is 15.8. The Hall–Kier alpha value is -2.56. The van der Waals surface area contributed by atoms with Crippen molar-refractivity contribution in [3.63, 3.8) is 0 Å². The summed E-state index contributed by atoms with van der Waals surface area (Å²) in [5.41, 5.74) is -0.0666. The summed E-state index contributed by atoms with van der Waals surface area (Å²) >= 11 is 0. The maximum absolute atomic E-state index is 14.5. The summed E-state index contributed by atoms with van der Waals surface area (Å²) in [6.07, 6.45) is -0.457. The second-order valence-electron chi connectivity index (χ2n) is 5.02. The molecule has 0 fully saturated rings. The van der Waals surface area contributed by atoms with E-state index in [1.807, 2.05) is 0 Å². The Morgan fingerprint density at radius 1 is 1.09 bits per heavy atom. The second kappa shape index (κ2) is 6.47. The molecule has 5 heteroatoms. The molecule has 0 saturated heterocycles. The number of ketones is 1. The molecule has 0 saturated carbocycles. The second-order valence-corrected chi connectivity index (χ2v) is 5.02. The number of hydrogen-bond acceptors (Lipinski definition) is 2. The Morgan fingerprint density at radius 2 is 1.73 bits per heavy atom. The monoisotopic (exact) mass is 304 g/mol. The molecule has 1 unspecified atom stereocenters. The standard InChI is InChI=1S/C17H14F2O3/c1-10(17(21)22)9-14(20)15-13(18)8-7-12(16(15)19)11-5-3-2-4-6-11/h2-8,10H,9H2,1H3,(H,21,22). The number of Topliss-reactive ketones (excluding diaryl/α,β-unsaturated/α-hetero) is 1. The number of aliphatic carboxylic acids is 1. The van der Waals surface area contributed by atoms with Gasteiger partial charge in [-0.05, 0) is 17.7 Å². The first-order valence-electron chi connectivity index (χ1n) is 6.71. The van der Waals surface area contributed by atoms with E-state index in [1.54, 1.807) is 30.3 Å². The zero-order valence-electron chi connectivity index (χ0n) is 11.8. The summed E-state index contributed by atoms with van der Waals surface area (Å²) in [5, 5.41) is 8.81. The lowest BCUT2D eigenvalue weighted by Gasteiger charge is -2.10. The molecule has 1 N–H and O–H groups in total. The van der Waals surface area contributed by atoms with E-state index in [4.69, 9.17) is 5.11 Å². The van der Waals surface area contributed by atoms with E-state index in [2.05, 4.69) is 0 Å². The summed E-state index contributed by atoms with van der Waals surface area (Å²) in [7, 11) is 0. The van der Waals surface area contributed by atoms with Crippen LogP contribution in [0.3, 0.4) is 0 Å².